The Morgan fingerprint density at radius 1 is 1.15 bits per heavy atom. The number of halogens is 1. The fourth-order valence-corrected chi connectivity index (χ4v) is 2.34. The van der Waals surface area contributed by atoms with Crippen LogP contribution >= 0.6 is 22.6 Å². The summed E-state index contributed by atoms with van der Waals surface area (Å²) in [6.45, 7) is 0.577. The van der Waals surface area contributed by atoms with Crippen LogP contribution in [0.2, 0.25) is 0 Å². The number of carboxylic acid groups (broad SMARTS) is 1. The molecule has 20 heavy (non-hydrogen) atoms. The van der Waals surface area contributed by atoms with E-state index < -0.39 is 5.97 Å². The molecule has 0 atom stereocenters. The first kappa shape index (κ1) is 14.8. The second-order valence-electron chi connectivity index (χ2n) is 4.39. The molecule has 0 heterocycles. The van der Waals surface area contributed by atoms with E-state index in [9.17, 15) is 4.79 Å². The molecule has 0 aromatic heterocycles. The molecule has 2 aromatic carbocycles. The lowest BCUT2D eigenvalue weighted by atomic mass is 10.1. The third kappa shape index (κ3) is 4.23. The molecule has 2 aromatic rings. The van der Waals surface area contributed by atoms with E-state index in [-0.39, 0.29) is 5.56 Å². The van der Waals surface area contributed by atoms with Crippen molar-refractivity contribution in [1.82, 2.24) is 0 Å². The second kappa shape index (κ2) is 7.28. The normalized spacial score (nSPS) is 10.2. The topological polar surface area (TPSA) is 46.5 Å². The lowest BCUT2D eigenvalue weighted by Crippen LogP contribution is -2.03. The van der Waals surface area contributed by atoms with Crippen molar-refractivity contribution in [3.05, 3.63) is 63.2 Å². The van der Waals surface area contributed by atoms with E-state index in [0.29, 0.717) is 12.4 Å². The van der Waals surface area contributed by atoms with E-state index in [1.807, 2.05) is 18.2 Å². The first-order chi connectivity index (χ1) is 9.66. The summed E-state index contributed by atoms with van der Waals surface area (Å²) < 4.78 is 6.60. The van der Waals surface area contributed by atoms with E-state index in [4.69, 9.17) is 9.84 Å². The molecule has 0 fully saturated rings. The van der Waals surface area contributed by atoms with Gasteiger partial charge in [-0.2, -0.15) is 0 Å². The van der Waals surface area contributed by atoms with Crippen LogP contribution in [0.1, 0.15) is 22.3 Å². The Labute approximate surface area is 131 Å². The Bertz CT molecular complexity index is 582. The summed E-state index contributed by atoms with van der Waals surface area (Å²) in [5, 5.41) is 8.96. The van der Waals surface area contributed by atoms with Crippen molar-refractivity contribution in [1.29, 1.82) is 0 Å². The third-order valence-corrected chi connectivity index (χ3v) is 3.78. The number of benzene rings is 2. The summed E-state index contributed by atoms with van der Waals surface area (Å²) in [6, 6.07) is 15.2. The highest BCUT2D eigenvalue weighted by molar-refractivity contribution is 14.1. The first-order valence-corrected chi connectivity index (χ1v) is 7.44. The molecule has 104 valence electrons. The summed E-state index contributed by atoms with van der Waals surface area (Å²) in [4.78, 5) is 10.9. The molecule has 0 aliphatic heterocycles. The predicted molar refractivity (Wildman–Crippen MR) is 86.4 cm³/mol. The van der Waals surface area contributed by atoms with E-state index >= 15 is 0 Å². The zero-order valence-electron chi connectivity index (χ0n) is 10.9. The predicted octanol–water partition coefficient (Wildman–Crippen LogP) is 4.00. The number of aromatic carboxylic acids is 1. The number of rotatable bonds is 6. The molecule has 0 saturated heterocycles. The Balaban J connectivity index is 1.88. The number of carboxylic acids is 1. The molecule has 0 saturated carbocycles. The fourth-order valence-electron chi connectivity index (χ4n) is 1.85. The van der Waals surface area contributed by atoms with Crippen LogP contribution in [0.3, 0.4) is 0 Å². The zero-order chi connectivity index (χ0) is 14.4. The van der Waals surface area contributed by atoms with Crippen LogP contribution in [0.15, 0.2) is 48.5 Å². The van der Waals surface area contributed by atoms with Gasteiger partial charge in [-0.3, -0.25) is 0 Å². The number of aryl methyl sites for hydroxylation is 1. The average Bonchev–Trinajstić information content (AvgIpc) is 2.46. The van der Waals surface area contributed by atoms with Gasteiger partial charge in [-0.1, -0.05) is 30.3 Å². The molecule has 0 bridgehead atoms. The molecule has 0 spiro atoms. The van der Waals surface area contributed by atoms with Crippen LogP contribution in [0.4, 0.5) is 0 Å². The fraction of sp³-hybridized carbons (Fsp3) is 0.188. The van der Waals surface area contributed by atoms with Crippen LogP contribution in [0.25, 0.3) is 0 Å². The summed E-state index contributed by atoms with van der Waals surface area (Å²) in [5.41, 5.74) is 1.54. The lowest BCUT2D eigenvalue weighted by molar-refractivity contribution is 0.0696. The molecule has 0 aliphatic carbocycles. The molecule has 4 heteroatoms. The number of carbonyl (C=O) groups is 1. The second-order valence-corrected chi connectivity index (χ2v) is 5.55. The van der Waals surface area contributed by atoms with Crippen molar-refractivity contribution < 1.29 is 14.6 Å². The van der Waals surface area contributed by atoms with Crippen LogP contribution in [-0.4, -0.2) is 17.7 Å². The zero-order valence-corrected chi connectivity index (χ0v) is 13.0. The van der Waals surface area contributed by atoms with Gasteiger partial charge < -0.3 is 9.84 Å². The van der Waals surface area contributed by atoms with Crippen molar-refractivity contribution in [2.24, 2.45) is 0 Å². The van der Waals surface area contributed by atoms with Gasteiger partial charge in [-0.15, -0.1) is 0 Å². The van der Waals surface area contributed by atoms with Crippen LogP contribution < -0.4 is 4.74 Å². The molecule has 0 radical (unpaired) electrons. The first-order valence-electron chi connectivity index (χ1n) is 6.36. The smallest absolute Gasteiger partial charge is 0.335 e. The number of hydrogen-bond acceptors (Lipinski definition) is 2. The molecule has 0 amide bonds. The number of ether oxygens (including phenoxy) is 1. The number of hydrogen-bond donors (Lipinski definition) is 1. The van der Waals surface area contributed by atoms with E-state index in [0.717, 1.165) is 16.4 Å². The quantitative estimate of drug-likeness (QED) is 0.607. The molecular formula is C16H15IO3. The molecule has 0 aliphatic rings. The molecule has 3 nitrogen and oxygen atoms in total. The Kier molecular flexibility index (Phi) is 5.40. The van der Waals surface area contributed by atoms with Gasteiger partial charge in [0, 0.05) is 0 Å². The maximum absolute atomic E-state index is 10.9. The van der Waals surface area contributed by atoms with Gasteiger partial charge in [-0.25, -0.2) is 4.79 Å². The van der Waals surface area contributed by atoms with Gasteiger partial charge in [0.1, 0.15) is 5.75 Å². The molecule has 0 unspecified atom stereocenters. The standard InChI is InChI=1S/C16H15IO3/c17-14-9-8-13(16(18)19)11-15(14)20-10-4-7-12-5-2-1-3-6-12/h1-3,5-6,8-9,11H,4,7,10H2,(H,18,19). The average molecular weight is 382 g/mol. The highest BCUT2D eigenvalue weighted by Crippen LogP contribution is 2.22. The van der Waals surface area contributed by atoms with Crippen LogP contribution in [0, 0.1) is 3.57 Å². The monoisotopic (exact) mass is 382 g/mol. The van der Waals surface area contributed by atoms with E-state index in [1.165, 1.54) is 5.56 Å². The van der Waals surface area contributed by atoms with Crippen molar-refractivity contribution in [2.75, 3.05) is 6.61 Å². The minimum atomic E-state index is -0.935. The Morgan fingerprint density at radius 3 is 2.60 bits per heavy atom. The SMILES string of the molecule is O=C(O)c1ccc(I)c(OCCCc2ccccc2)c1. The highest BCUT2D eigenvalue weighted by atomic mass is 127. The maximum Gasteiger partial charge on any atom is 0.335 e. The van der Waals surface area contributed by atoms with Crippen molar-refractivity contribution in [2.45, 2.75) is 12.8 Å². The lowest BCUT2D eigenvalue weighted by Gasteiger charge is -2.09. The molecule has 2 rings (SSSR count). The minimum Gasteiger partial charge on any atom is -0.492 e. The van der Waals surface area contributed by atoms with Crippen LogP contribution in [-0.2, 0) is 6.42 Å². The Morgan fingerprint density at radius 2 is 1.90 bits per heavy atom. The molecule has 1 N–H and O–H groups in total. The minimum absolute atomic E-state index is 0.253. The molecular weight excluding hydrogens is 367 g/mol. The van der Waals surface area contributed by atoms with Crippen LogP contribution in [0.5, 0.6) is 5.75 Å². The van der Waals surface area contributed by atoms with E-state index in [1.54, 1.807) is 18.2 Å². The summed E-state index contributed by atoms with van der Waals surface area (Å²) in [7, 11) is 0. The van der Waals surface area contributed by atoms with Crippen molar-refractivity contribution >= 4 is 28.6 Å². The summed E-state index contributed by atoms with van der Waals surface area (Å²) in [5.74, 6) is -0.297. The highest BCUT2D eigenvalue weighted by Gasteiger charge is 2.07. The van der Waals surface area contributed by atoms with Gasteiger partial charge in [0.05, 0.1) is 15.7 Å². The van der Waals surface area contributed by atoms with Gasteiger partial charge in [0.2, 0.25) is 0 Å². The Hall–Kier alpha value is -1.56. The van der Waals surface area contributed by atoms with Gasteiger partial charge in [-0.05, 0) is 59.2 Å². The van der Waals surface area contributed by atoms with Gasteiger partial charge >= 0.3 is 5.97 Å². The van der Waals surface area contributed by atoms with Crippen molar-refractivity contribution in [3.8, 4) is 5.75 Å². The largest absolute Gasteiger partial charge is 0.492 e. The van der Waals surface area contributed by atoms with Gasteiger partial charge in [0.15, 0.2) is 0 Å². The summed E-state index contributed by atoms with van der Waals surface area (Å²) in [6.07, 6.45) is 1.85. The third-order valence-electron chi connectivity index (χ3n) is 2.89. The summed E-state index contributed by atoms with van der Waals surface area (Å²) >= 11 is 2.15. The van der Waals surface area contributed by atoms with E-state index in [2.05, 4.69) is 34.7 Å². The van der Waals surface area contributed by atoms with Gasteiger partial charge in [0.25, 0.3) is 0 Å². The maximum atomic E-state index is 10.9. The van der Waals surface area contributed by atoms with Crippen molar-refractivity contribution in [3.63, 3.8) is 0 Å².